The molecule has 6 nitrogen and oxygen atoms in total. The van der Waals surface area contributed by atoms with Crippen LogP contribution in [-0.2, 0) is 26.0 Å². The lowest BCUT2D eigenvalue weighted by atomic mass is 10.2. The number of carbonyl (C=O) groups is 2. The molecular formula is C15H19FN2O4S. The summed E-state index contributed by atoms with van der Waals surface area (Å²) in [5, 5.41) is 2.61. The van der Waals surface area contributed by atoms with Gasteiger partial charge in [-0.25, -0.2) is 12.8 Å². The molecule has 2 amide bonds. The smallest absolute Gasteiger partial charge is 0.239 e. The highest BCUT2D eigenvalue weighted by Gasteiger charge is 2.29. The Morgan fingerprint density at radius 3 is 2.61 bits per heavy atom. The van der Waals surface area contributed by atoms with Crippen LogP contribution in [0.3, 0.4) is 0 Å². The van der Waals surface area contributed by atoms with Crippen molar-refractivity contribution in [2.75, 3.05) is 18.1 Å². The summed E-state index contributed by atoms with van der Waals surface area (Å²) < 4.78 is 36.4. The third kappa shape index (κ3) is 5.02. The van der Waals surface area contributed by atoms with Crippen molar-refractivity contribution in [3.63, 3.8) is 0 Å². The van der Waals surface area contributed by atoms with Gasteiger partial charge in [-0.3, -0.25) is 9.59 Å². The molecule has 1 heterocycles. The molecule has 8 heteroatoms. The van der Waals surface area contributed by atoms with Gasteiger partial charge in [-0.1, -0.05) is 18.2 Å². The Kier molecular flexibility index (Phi) is 5.35. The molecule has 23 heavy (non-hydrogen) atoms. The van der Waals surface area contributed by atoms with Crippen molar-refractivity contribution < 1.29 is 22.4 Å². The number of carbonyl (C=O) groups excluding carboxylic acids is 2. The van der Waals surface area contributed by atoms with Crippen molar-refractivity contribution in [1.29, 1.82) is 0 Å². The molecule has 0 radical (unpaired) electrons. The molecule has 1 aliphatic rings. The van der Waals surface area contributed by atoms with E-state index in [9.17, 15) is 22.4 Å². The fourth-order valence-corrected chi connectivity index (χ4v) is 4.14. The first-order valence-corrected chi connectivity index (χ1v) is 9.07. The third-order valence-corrected chi connectivity index (χ3v) is 5.46. The molecule has 0 aliphatic carbocycles. The largest absolute Gasteiger partial charge is 0.351 e. The van der Waals surface area contributed by atoms with E-state index in [0.29, 0.717) is 12.0 Å². The molecule has 1 aliphatic heterocycles. The topological polar surface area (TPSA) is 83.6 Å². The Morgan fingerprint density at radius 2 is 2.04 bits per heavy atom. The maximum Gasteiger partial charge on any atom is 0.239 e. The van der Waals surface area contributed by atoms with E-state index in [-0.39, 0.29) is 30.5 Å². The van der Waals surface area contributed by atoms with Gasteiger partial charge in [0.2, 0.25) is 11.8 Å². The minimum atomic E-state index is -3.08. The molecule has 1 atom stereocenters. The maximum atomic E-state index is 13.7. The normalized spacial score (nSPS) is 19.3. The van der Waals surface area contributed by atoms with Gasteiger partial charge < -0.3 is 10.2 Å². The number of benzene rings is 1. The summed E-state index contributed by atoms with van der Waals surface area (Å²) in [5.74, 6) is -1.27. The molecular weight excluding hydrogens is 323 g/mol. The lowest BCUT2D eigenvalue weighted by Crippen LogP contribution is -2.43. The summed E-state index contributed by atoms with van der Waals surface area (Å²) >= 11 is 0. The minimum Gasteiger partial charge on any atom is -0.351 e. The van der Waals surface area contributed by atoms with Gasteiger partial charge in [0.1, 0.15) is 5.82 Å². The summed E-state index contributed by atoms with van der Waals surface area (Å²) in [6, 6.07) is 5.61. The van der Waals surface area contributed by atoms with Gasteiger partial charge in [0, 0.05) is 25.1 Å². The van der Waals surface area contributed by atoms with E-state index in [0.717, 1.165) is 0 Å². The van der Waals surface area contributed by atoms with Crippen LogP contribution in [-0.4, -0.2) is 49.2 Å². The Balaban J connectivity index is 1.95. The second-order valence-electron chi connectivity index (χ2n) is 5.63. The van der Waals surface area contributed by atoms with Gasteiger partial charge in [0.25, 0.3) is 0 Å². The van der Waals surface area contributed by atoms with E-state index in [1.807, 2.05) is 0 Å². The van der Waals surface area contributed by atoms with Crippen LogP contribution in [0.5, 0.6) is 0 Å². The molecule has 0 spiro atoms. The van der Waals surface area contributed by atoms with E-state index < -0.39 is 27.6 Å². The second kappa shape index (κ2) is 7.08. The fourth-order valence-electron chi connectivity index (χ4n) is 2.47. The number of amides is 2. The summed E-state index contributed by atoms with van der Waals surface area (Å²) in [6.07, 6.45) is 0.376. The lowest BCUT2D eigenvalue weighted by Gasteiger charge is -2.22. The number of halogens is 1. The molecule has 1 fully saturated rings. The zero-order valence-corrected chi connectivity index (χ0v) is 13.6. The van der Waals surface area contributed by atoms with E-state index >= 15 is 0 Å². The summed E-state index contributed by atoms with van der Waals surface area (Å²) in [7, 11) is -3.08. The summed E-state index contributed by atoms with van der Waals surface area (Å²) in [4.78, 5) is 24.9. The van der Waals surface area contributed by atoms with Crippen molar-refractivity contribution in [3.05, 3.63) is 35.6 Å². The van der Waals surface area contributed by atoms with Crippen molar-refractivity contribution in [1.82, 2.24) is 10.2 Å². The van der Waals surface area contributed by atoms with Gasteiger partial charge in [-0.2, -0.15) is 0 Å². The van der Waals surface area contributed by atoms with Crippen molar-refractivity contribution in [2.45, 2.75) is 25.9 Å². The van der Waals surface area contributed by atoms with Crippen LogP contribution in [0.1, 0.15) is 18.9 Å². The molecule has 2 rings (SSSR count). The molecule has 1 aromatic rings. The van der Waals surface area contributed by atoms with Crippen LogP contribution in [0.15, 0.2) is 24.3 Å². The van der Waals surface area contributed by atoms with Crippen LogP contribution in [0.2, 0.25) is 0 Å². The van der Waals surface area contributed by atoms with E-state index in [1.54, 1.807) is 18.2 Å². The van der Waals surface area contributed by atoms with E-state index in [1.165, 1.54) is 17.9 Å². The van der Waals surface area contributed by atoms with Gasteiger partial charge in [-0.05, 0) is 12.5 Å². The summed E-state index contributed by atoms with van der Waals surface area (Å²) in [6.45, 7) is 1.05. The van der Waals surface area contributed by atoms with Gasteiger partial charge in [0.05, 0.1) is 18.1 Å². The maximum absolute atomic E-state index is 13.7. The molecule has 1 saturated heterocycles. The Morgan fingerprint density at radius 1 is 1.35 bits per heavy atom. The first kappa shape index (κ1) is 17.4. The Labute approximate surface area is 134 Å². The standard InChI is InChI=1S/C15H19FN2O4S/c1-11(19)18(8-12-4-2-3-5-14(12)16)9-15(20)17-13-6-7-23(21,22)10-13/h2-5,13H,6-10H2,1H3,(H,17,20). The highest BCUT2D eigenvalue weighted by molar-refractivity contribution is 7.91. The third-order valence-electron chi connectivity index (χ3n) is 3.70. The number of rotatable bonds is 5. The predicted molar refractivity (Wildman–Crippen MR) is 82.7 cm³/mol. The number of nitrogens with zero attached hydrogens (tertiary/aromatic N) is 1. The predicted octanol–water partition coefficient (Wildman–Crippen LogP) is 0.478. The van der Waals surface area contributed by atoms with Crippen LogP contribution in [0, 0.1) is 5.82 Å². The number of nitrogens with one attached hydrogen (secondary N) is 1. The van der Waals surface area contributed by atoms with E-state index in [2.05, 4.69) is 5.32 Å². The molecule has 1 aromatic carbocycles. The highest BCUT2D eigenvalue weighted by atomic mass is 32.2. The number of hydrogen-bond acceptors (Lipinski definition) is 4. The number of hydrogen-bond donors (Lipinski definition) is 1. The quantitative estimate of drug-likeness (QED) is 0.843. The number of sulfone groups is 1. The molecule has 126 valence electrons. The average molecular weight is 342 g/mol. The van der Waals surface area contributed by atoms with Gasteiger partial charge in [0.15, 0.2) is 9.84 Å². The second-order valence-corrected chi connectivity index (χ2v) is 7.86. The molecule has 0 saturated carbocycles. The van der Waals surface area contributed by atoms with Crippen LogP contribution < -0.4 is 5.32 Å². The fraction of sp³-hybridized carbons (Fsp3) is 0.467. The van der Waals surface area contributed by atoms with Crippen molar-refractivity contribution in [2.24, 2.45) is 0 Å². The van der Waals surface area contributed by atoms with Crippen molar-refractivity contribution >= 4 is 21.7 Å². The SMILES string of the molecule is CC(=O)N(CC(=O)NC1CCS(=O)(=O)C1)Cc1ccccc1F. The van der Waals surface area contributed by atoms with Gasteiger partial charge >= 0.3 is 0 Å². The van der Waals surface area contributed by atoms with E-state index in [4.69, 9.17) is 0 Å². The Bertz CT molecular complexity index is 705. The first-order chi connectivity index (χ1) is 10.8. The first-order valence-electron chi connectivity index (χ1n) is 7.25. The lowest BCUT2D eigenvalue weighted by molar-refractivity contribution is -0.135. The van der Waals surface area contributed by atoms with Crippen molar-refractivity contribution in [3.8, 4) is 0 Å². The minimum absolute atomic E-state index is 0.0155. The molecule has 1 unspecified atom stereocenters. The monoisotopic (exact) mass is 342 g/mol. The van der Waals surface area contributed by atoms with Crippen LogP contribution >= 0.6 is 0 Å². The zero-order valence-electron chi connectivity index (χ0n) is 12.8. The summed E-state index contributed by atoms with van der Waals surface area (Å²) in [5.41, 5.74) is 0.318. The molecule has 0 bridgehead atoms. The average Bonchev–Trinajstić information content (AvgIpc) is 2.79. The Hall–Kier alpha value is -1.96. The van der Waals surface area contributed by atoms with Gasteiger partial charge in [-0.15, -0.1) is 0 Å². The molecule has 1 N–H and O–H groups in total. The zero-order chi connectivity index (χ0) is 17.0. The highest BCUT2D eigenvalue weighted by Crippen LogP contribution is 2.12. The molecule has 0 aromatic heterocycles. The van der Waals surface area contributed by atoms with Crippen LogP contribution in [0.25, 0.3) is 0 Å². The van der Waals surface area contributed by atoms with Crippen LogP contribution in [0.4, 0.5) is 4.39 Å².